The van der Waals surface area contributed by atoms with Crippen molar-refractivity contribution in [3.05, 3.63) is 88.6 Å². The topological polar surface area (TPSA) is 179 Å². The molecule has 2 aromatic carbocycles. The predicted molar refractivity (Wildman–Crippen MR) is 258 cm³/mol. The molecule has 2 N–H and O–H groups in total. The zero-order valence-electron chi connectivity index (χ0n) is 39.8. The van der Waals surface area contributed by atoms with E-state index in [-0.39, 0.29) is 53.9 Å². The van der Waals surface area contributed by atoms with E-state index in [1.165, 1.54) is 36.9 Å². The van der Waals surface area contributed by atoms with Crippen molar-refractivity contribution in [2.24, 2.45) is 5.41 Å². The van der Waals surface area contributed by atoms with Crippen molar-refractivity contribution in [2.45, 2.75) is 104 Å². The molecule has 70 heavy (non-hydrogen) atoms. The number of pyridine rings is 1. The average Bonchev–Trinajstić information content (AvgIpc) is 4.02. The van der Waals surface area contributed by atoms with Crippen LogP contribution in [0.25, 0.3) is 10.4 Å². The summed E-state index contributed by atoms with van der Waals surface area (Å²) in [5.41, 5.74) is 0.410. The minimum atomic E-state index is -4.91. The molecule has 0 saturated carbocycles. The Kier molecular flexibility index (Phi) is 17.3. The van der Waals surface area contributed by atoms with Crippen LogP contribution >= 0.6 is 23.6 Å². The highest BCUT2D eigenvalue weighted by Gasteiger charge is 2.51. The third-order valence-electron chi connectivity index (χ3n) is 11.8. The fourth-order valence-corrected chi connectivity index (χ4v) is 9.42. The Labute approximate surface area is 413 Å². The van der Waals surface area contributed by atoms with E-state index in [0.29, 0.717) is 64.5 Å². The van der Waals surface area contributed by atoms with Crippen molar-refractivity contribution >= 4 is 63.7 Å². The first-order valence-corrected chi connectivity index (χ1v) is 24.0. The highest BCUT2D eigenvalue weighted by molar-refractivity contribution is 7.81. The first-order chi connectivity index (χ1) is 33.1. The Bertz CT molecular complexity index is 2600. The van der Waals surface area contributed by atoms with Crippen molar-refractivity contribution < 1.29 is 51.0 Å². The number of nitriles is 1. The number of carbonyl (C=O) groups excluding carboxylic acids is 4. The zero-order valence-corrected chi connectivity index (χ0v) is 41.4. The zero-order chi connectivity index (χ0) is 51.0. The van der Waals surface area contributed by atoms with Crippen molar-refractivity contribution in [3.8, 4) is 22.3 Å². The van der Waals surface area contributed by atoms with Gasteiger partial charge in [-0.15, -0.1) is 11.3 Å². The van der Waals surface area contributed by atoms with Gasteiger partial charge in [0.2, 0.25) is 17.7 Å². The van der Waals surface area contributed by atoms with Gasteiger partial charge in [0, 0.05) is 44.7 Å². The summed E-state index contributed by atoms with van der Waals surface area (Å²) in [5.74, 6) is -2.49. The monoisotopic (exact) mass is 1010 g/mol. The maximum Gasteiger partial charge on any atom is 0.419 e. The maximum atomic E-state index is 15.3. The van der Waals surface area contributed by atoms with Crippen LogP contribution in [0.15, 0.2) is 60.2 Å². The normalized spacial score (nSPS) is 16.4. The number of anilines is 2. The summed E-state index contributed by atoms with van der Waals surface area (Å²) in [6.45, 7) is 12.1. The maximum absolute atomic E-state index is 15.3. The van der Waals surface area contributed by atoms with E-state index in [9.17, 15) is 32.3 Å². The van der Waals surface area contributed by atoms with Crippen molar-refractivity contribution in [1.82, 2.24) is 25.5 Å². The standard InChI is InChI=1S/C49H56F4N8O7S2/c1-30-41(70-29-57-30)32-14-12-31(13-15-32)26-56-43(63)38-11-9-18-59(38)44(64)42(47(2,3)4)58-40(62)28-67-21-10-20-66-19-7-8-22-68-39-17-16-33(24-36(39)50)61-46(69)60(45(65)48(61,5)6)34-23-35(49(51,52)53)37(25-54)55-27-34/h12-17,23-24,27,29,38,42H,7-11,18-22,26,28H2,1-6H3,(H,56,63)(H,58,62)/t38-,42+/m0/s1. The minimum Gasteiger partial charge on any atom is -0.491 e. The predicted octanol–water partition coefficient (Wildman–Crippen LogP) is 7.88. The second-order valence-electron chi connectivity index (χ2n) is 18.4. The number of benzene rings is 2. The highest BCUT2D eigenvalue weighted by Crippen LogP contribution is 2.40. The van der Waals surface area contributed by atoms with E-state index in [4.69, 9.17) is 31.7 Å². The third-order valence-corrected chi connectivity index (χ3v) is 13.2. The van der Waals surface area contributed by atoms with Gasteiger partial charge in [-0.05, 0) is 99.8 Å². The molecule has 6 rings (SSSR count). The summed E-state index contributed by atoms with van der Waals surface area (Å²) in [6.07, 6.45) is -1.14. The SMILES string of the molecule is Cc1ncsc1-c1ccc(CNC(=O)[C@@H]2CCCN2C(=O)[C@@H](NC(=O)COCCCOCCCCOc2ccc(N3C(=S)N(c4cnc(C#N)c(C(F)(F)F)c4)C(=O)C3(C)C)cc2F)C(C)(C)C)cc1. The van der Waals surface area contributed by atoms with Gasteiger partial charge in [0.1, 0.15) is 30.3 Å². The van der Waals surface area contributed by atoms with Crippen LogP contribution in [-0.2, 0) is 41.4 Å². The van der Waals surface area contributed by atoms with Gasteiger partial charge in [-0.2, -0.15) is 18.4 Å². The molecule has 0 aliphatic carbocycles. The van der Waals surface area contributed by atoms with E-state index < -0.39 is 58.1 Å². The van der Waals surface area contributed by atoms with E-state index in [2.05, 4.69) is 20.6 Å². The summed E-state index contributed by atoms with van der Waals surface area (Å²) in [6, 6.07) is 12.4. The number of aromatic nitrogens is 2. The number of nitrogens with zero attached hydrogens (tertiary/aromatic N) is 6. The van der Waals surface area contributed by atoms with Gasteiger partial charge in [0.15, 0.2) is 22.4 Å². The molecule has 2 aliphatic rings. The number of carbonyl (C=O) groups is 4. The summed E-state index contributed by atoms with van der Waals surface area (Å²) in [7, 11) is 0. The smallest absolute Gasteiger partial charge is 0.419 e. The van der Waals surface area contributed by atoms with Crippen molar-refractivity contribution in [2.75, 3.05) is 49.4 Å². The molecular weight excluding hydrogens is 953 g/mol. The minimum absolute atomic E-state index is 0.0546. The van der Waals surface area contributed by atoms with E-state index in [1.54, 1.807) is 16.2 Å². The number of aryl methyl sites for hydroxylation is 1. The molecule has 2 fully saturated rings. The van der Waals surface area contributed by atoms with Crippen LogP contribution < -0.4 is 25.2 Å². The fraction of sp³-hybridized carbons (Fsp3) is 0.469. The molecule has 2 aromatic heterocycles. The second-order valence-corrected chi connectivity index (χ2v) is 19.7. The van der Waals surface area contributed by atoms with Crippen molar-refractivity contribution in [1.29, 1.82) is 5.26 Å². The number of hydrogen-bond donors (Lipinski definition) is 2. The number of likely N-dealkylation sites (tertiary alicyclic amines) is 1. The number of halogens is 4. The molecule has 4 amide bonds. The molecule has 15 nitrogen and oxygen atoms in total. The van der Waals surface area contributed by atoms with Gasteiger partial charge in [-0.3, -0.25) is 24.1 Å². The largest absolute Gasteiger partial charge is 0.491 e. The lowest BCUT2D eigenvalue weighted by Gasteiger charge is -2.35. The third kappa shape index (κ3) is 12.6. The summed E-state index contributed by atoms with van der Waals surface area (Å²) in [5, 5.41) is 14.7. The lowest BCUT2D eigenvalue weighted by atomic mass is 9.85. The van der Waals surface area contributed by atoms with Crippen LogP contribution in [0.5, 0.6) is 5.75 Å². The molecule has 0 bridgehead atoms. The molecule has 0 radical (unpaired) electrons. The van der Waals surface area contributed by atoms with Crippen LogP contribution in [0.1, 0.15) is 89.2 Å². The Hall–Kier alpha value is -6.08. The van der Waals surface area contributed by atoms with Crippen LogP contribution in [0, 0.1) is 29.5 Å². The summed E-state index contributed by atoms with van der Waals surface area (Å²) in [4.78, 5) is 66.5. The molecule has 0 unspecified atom stereocenters. The lowest BCUT2D eigenvalue weighted by Crippen LogP contribution is -2.58. The number of hydrogen-bond acceptors (Lipinski definition) is 12. The van der Waals surface area contributed by atoms with Crippen molar-refractivity contribution in [3.63, 3.8) is 0 Å². The molecule has 2 saturated heterocycles. The average molecular weight is 1010 g/mol. The van der Waals surface area contributed by atoms with Gasteiger partial charge >= 0.3 is 6.18 Å². The number of alkyl halides is 3. The molecule has 374 valence electrons. The van der Waals surface area contributed by atoms with Gasteiger partial charge in [0.25, 0.3) is 5.91 Å². The van der Waals surface area contributed by atoms with Crippen LogP contribution in [0.4, 0.5) is 28.9 Å². The molecule has 2 atom stereocenters. The summed E-state index contributed by atoms with van der Waals surface area (Å²) < 4.78 is 73.2. The Morgan fingerprint density at radius 2 is 1.69 bits per heavy atom. The Morgan fingerprint density at radius 3 is 2.34 bits per heavy atom. The van der Waals surface area contributed by atoms with Gasteiger partial charge in [-0.1, -0.05) is 45.0 Å². The number of unbranched alkanes of at least 4 members (excludes halogenated alkanes) is 1. The molecule has 21 heteroatoms. The fourth-order valence-electron chi connectivity index (χ4n) is 8.08. The Balaban J connectivity index is 0.870. The molecule has 4 aromatic rings. The second kappa shape index (κ2) is 22.8. The van der Waals surface area contributed by atoms with E-state index in [0.717, 1.165) is 38.9 Å². The number of nitrogens with one attached hydrogen (secondary N) is 2. The molecule has 4 heterocycles. The van der Waals surface area contributed by atoms with Crippen LogP contribution in [0.3, 0.4) is 0 Å². The quantitative estimate of drug-likeness (QED) is 0.0498. The van der Waals surface area contributed by atoms with Gasteiger partial charge in [-0.25, -0.2) is 14.4 Å². The molecular formula is C49H56F4N8O7S2. The number of ether oxygens (including phenoxy) is 3. The first kappa shape index (κ1) is 53.3. The summed E-state index contributed by atoms with van der Waals surface area (Å²) >= 11 is 7.09. The van der Waals surface area contributed by atoms with Crippen LogP contribution in [0.2, 0.25) is 0 Å². The number of amides is 4. The molecule has 0 spiro atoms. The van der Waals surface area contributed by atoms with E-state index >= 15 is 4.39 Å². The number of thiocarbonyl (C=S) groups is 1. The molecule has 2 aliphatic heterocycles. The van der Waals surface area contributed by atoms with Gasteiger partial charge in [0.05, 0.1) is 40.1 Å². The lowest BCUT2D eigenvalue weighted by molar-refractivity contribution is -0.144. The Morgan fingerprint density at radius 1 is 0.986 bits per heavy atom. The number of rotatable bonds is 20. The highest BCUT2D eigenvalue weighted by atomic mass is 32.1. The first-order valence-electron chi connectivity index (χ1n) is 22.7. The van der Waals surface area contributed by atoms with E-state index in [1.807, 2.05) is 57.5 Å². The van der Waals surface area contributed by atoms with Gasteiger partial charge < -0.3 is 34.6 Å². The number of thiazole rings is 1. The van der Waals surface area contributed by atoms with Crippen LogP contribution in [-0.4, -0.2) is 101 Å².